The number of hydrogen-bond acceptors (Lipinski definition) is 3. The van der Waals surface area contributed by atoms with Crippen molar-refractivity contribution < 1.29 is 14.4 Å². The molecule has 4 nitrogen and oxygen atoms in total. The van der Waals surface area contributed by atoms with Crippen LogP contribution in [-0.4, -0.2) is 17.7 Å². The number of quaternary nitrogens is 1. The lowest BCUT2D eigenvalue weighted by molar-refractivity contribution is -0.944. The molecule has 1 aliphatic rings. The van der Waals surface area contributed by atoms with E-state index in [0.717, 1.165) is 35.0 Å². The Kier molecular flexibility index (Phi) is 5.72. The number of likely N-dealkylation sites (tertiary alicyclic amines) is 1. The molecular formula is C25H30NO3+. The molecule has 4 heteroatoms. The Labute approximate surface area is 171 Å². The van der Waals surface area contributed by atoms with Crippen LogP contribution in [0.4, 0.5) is 0 Å². The number of phenols is 1. The second kappa shape index (κ2) is 8.42. The smallest absolute Gasteiger partial charge is 0.340 e. The minimum absolute atomic E-state index is 0.226. The molecule has 4 rings (SSSR count). The number of nitrogens with one attached hydrogen (secondary N) is 1. The summed E-state index contributed by atoms with van der Waals surface area (Å²) in [5, 5.41) is 11.5. The molecule has 1 aliphatic heterocycles. The second-order valence-electron chi connectivity index (χ2n) is 8.28. The molecule has 152 valence electrons. The zero-order valence-corrected chi connectivity index (χ0v) is 17.3. The molecule has 2 N–H and O–H groups in total. The Hall–Kier alpha value is -2.59. The highest BCUT2D eigenvalue weighted by atomic mass is 16.4. The number of hydrogen-bond donors (Lipinski definition) is 2. The molecule has 0 bridgehead atoms. The zero-order valence-electron chi connectivity index (χ0n) is 17.3. The lowest BCUT2D eigenvalue weighted by Crippen LogP contribution is -3.15. The summed E-state index contributed by atoms with van der Waals surface area (Å²) in [6, 6.07) is 14.2. The van der Waals surface area contributed by atoms with E-state index in [0.29, 0.717) is 30.2 Å². The summed E-state index contributed by atoms with van der Waals surface area (Å²) in [7, 11) is 0. The van der Waals surface area contributed by atoms with E-state index in [2.05, 4.69) is 6.92 Å². The van der Waals surface area contributed by atoms with Gasteiger partial charge in [-0.25, -0.2) is 4.79 Å². The van der Waals surface area contributed by atoms with Crippen molar-refractivity contribution in [2.45, 2.75) is 58.5 Å². The van der Waals surface area contributed by atoms with E-state index in [1.54, 1.807) is 6.07 Å². The van der Waals surface area contributed by atoms with Crippen LogP contribution in [0.3, 0.4) is 0 Å². The van der Waals surface area contributed by atoms with Crippen LogP contribution in [0.25, 0.3) is 11.0 Å². The van der Waals surface area contributed by atoms with Gasteiger partial charge in [0.2, 0.25) is 0 Å². The molecule has 1 aromatic heterocycles. The number of fused-ring (bicyclic) bond motifs is 1. The highest BCUT2D eigenvalue weighted by Crippen LogP contribution is 2.29. The fraction of sp³-hybridized carbons (Fsp3) is 0.400. The summed E-state index contributed by atoms with van der Waals surface area (Å²) < 4.78 is 5.84. The summed E-state index contributed by atoms with van der Waals surface area (Å²) in [4.78, 5) is 14.4. The van der Waals surface area contributed by atoms with E-state index < -0.39 is 0 Å². The standard InChI is InChI=1S/C25H29NO3/c1-3-19-11-7-8-14-26(19)16-22-23(27)13-12-20-17(2)21(25(28)29-24(20)22)15-18-9-5-4-6-10-18/h4-6,9-10,12-13,19,27H,3,7-8,11,14-16H2,1-2H3/p+1/t19-/m0/s1. The van der Waals surface area contributed by atoms with Gasteiger partial charge in [-0.1, -0.05) is 37.3 Å². The molecule has 0 radical (unpaired) electrons. The van der Waals surface area contributed by atoms with Crippen LogP contribution in [0.5, 0.6) is 5.75 Å². The first kappa shape index (κ1) is 19.7. The molecule has 0 saturated carbocycles. The Morgan fingerprint density at radius 2 is 1.90 bits per heavy atom. The van der Waals surface area contributed by atoms with Crippen molar-refractivity contribution in [1.29, 1.82) is 0 Å². The van der Waals surface area contributed by atoms with E-state index in [1.165, 1.54) is 24.2 Å². The van der Waals surface area contributed by atoms with Crippen molar-refractivity contribution in [3.8, 4) is 5.75 Å². The molecule has 1 fully saturated rings. The molecule has 1 unspecified atom stereocenters. The van der Waals surface area contributed by atoms with E-state index >= 15 is 0 Å². The average Bonchev–Trinajstić information content (AvgIpc) is 2.74. The quantitative estimate of drug-likeness (QED) is 0.651. The Morgan fingerprint density at radius 1 is 1.10 bits per heavy atom. The molecule has 0 aliphatic carbocycles. The number of piperidine rings is 1. The van der Waals surface area contributed by atoms with Crippen LogP contribution >= 0.6 is 0 Å². The van der Waals surface area contributed by atoms with Gasteiger partial charge in [0, 0.05) is 17.4 Å². The summed E-state index contributed by atoms with van der Waals surface area (Å²) in [5.74, 6) is 0.226. The van der Waals surface area contributed by atoms with Gasteiger partial charge in [0.25, 0.3) is 0 Å². The van der Waals surface area contributed by atoms with Crippen LogP contribution in [0.2, 0.25) is 0 Å². The molecule has 2 heterocycles. The van der Waals surface area contributed by atoms with Crippen molar-refractivity contribution in [3.63, 3.8) is 0 Å². The first-order valence-corrected chi connectivity index (χ1v) is 10.7. The minimum Gasteiger partial charge on any atom is -0.507 e. The summed E-state index contributed by atoms with van der Waals surface area (Å²) in [6.07, 6.45) is 5.39. The fourth-order valence-electron chi connectivity index (χ4n) is 4.78. The second-order valence-corrected chi connectivity index (χ2v) is 8.28. The average molecular weight is 393 g/mol. The third-order valence-corrected chi connectivity index (χ3v) is 6.53. The largest absolute Gasteiger partial charge is 0.507 e. The zero-order chi connectivity index (χ0) is 20.4. The van der Waals surface area contributed by atoms with Gasteiger partial charge in [0.15, 0.2) is 5.58 Å². The number of rotatable bonds is 5. The van der Waals surface area contributed by atoms with Crippen LogP contribution in [0.1, 0.15) is 54.9 Å². The van der Waals surface area contributed by atoms with Gasteiger partial charge in [0.05, 0.1) is 18.2 Å². The van der Waals surface area contributed by atoms with Gasteiger partial charge in [-0.2, -0.15) is 0 Å². The van der Waals surface area contributed by atoms with Crippen LogP contribution < -0.4 is 10.5 Å². The highest BCUT2D eigenvalue weighted by Gasteiger charge is 2.27. The summed E-state index contributed by atoms with van der Waals surface area (Å²) >= 11 is 0. The van der Waals surface area contributed by atoms with Crippen molar-refractivity contribution >= 4 is 11.0 Å². The Balaban J connectivity index is 1.76. The fourth-order valence-corrected chi connectivity index (χ4v) is 4.78. The monoisotopic (exact) mass is 392 g/mol. The summed E-state index contributed by atoms with van der Waals surface area (Å²) in [5.41, 5.74) is 3.75. The number of aromatic hydroxyl groups is 1. The normalized spacial score (nSPS) is 19.5. The minimum atomic E-state index is -0.300. The first-order chi connectivity index (χ1) is 14.1. The molecule has 2 aromatic carbocycles. The molecular weight excluding hydrogens is 362 g/mol. The van der Waals surface area contributed by atoms with Gasteiger partial charge in [0.1, 0.15) is 12.3 Å². The van der Waals surface area contributed by atoms with Gasteiger partial charge in [-0.05, 0) is 55.9 Å². The van der Waals surface area contributed by atoms with Crippen molar-refractivity contribution in [2.75, 3.05) is 6.54 Å². The predicted octanol–water partition coefficient (Wildman–Crippen LogP) is 3.75. The Morgan fingerprint density at radius 3 is 2.66 bits per heavy atom. The third-order valence-electron chi connectivity index (χ3n) is 6.53. The molecule has 2 atom stereocenters. The highest BCUT2D eigenvalue weighted by molar-refractivity contribution is 5.85. The van der Waals surface area contributed by atoms with E-state index in [4.69, 9.17) is 4.42 Å². The maximum atomic E-state index is 12.9. The van der Waals surface area contributed by atoms with Crippen molar-refractivity contribution in [3.05, 3.63) is 75.1 Å². The Bertz CT molecular complexity index is 1060. The number of benzene rings is 2. The maximum Gasteiger partial charge on any atom is 0.340 e. The first-order valence-electron chi connectivity index (χ1n) is 10.7. The van der Waals surface area contributed by atoms with E-state index in [9.17, 15) is 9.90 Å². The van der Waals surface area contributed by atoms with E-state index in [1.807, 2.05) is 43.3 Å². The van der Waals surface area contributed by atoms with Crippen LogP contribution in [0, 0.1) is 6.92 Å². The van der Waals surface area contributed by atoms with Gasteiger partial charge in [-0.3, -0.25) is 0 Å². The van der Waals surface area contributed by atoms with E-state index in [-0.39, 0.29) is 11.4 Å². The predicted molar refractivity (Wildman–Crippen MR) is 116 cm³/mol. The molecule has 0 amide bonds. The molecule has 1 saturated heterocycles. The van der Waals surface area contributed by atoms with Crippen molar-refractivity contribution in [1.82, 2.24) is 0 Å². The van der Waals surface area contributed by atoms with Gasteiger partial charge in [-0.15, -0.1) is 0 Å². The molecule has 0 spiro atoms. The van der Waals surface area contributed by atoms with Crippen LogP contribution in [0.15, 0.2) is 51.7 Å². The topological polar surface area (TPSA) is 54.9 Å². The molecule has 3 aromatic rings. The van der Waals surface area contributed by atoms with Crippen molar-refractivity contribution in [2.24, 2.45) is 0 Å². The number of phenolic OH excluding ortho intramolecular Hbond substituents is 1. The maximum absolute atomic E-state index is 12.9. The number of aryl methyl sites for hydroxylation is 1. The van der Waals surface area contributed by atoms with Gasteiger partial charge >= 0.3 is 5.63 Å². The molecule has 29 heavy (non-hydrogen) atoms. The van der Waals surface area contributed by atoms with Crippen LogP contribution in [-0.2, 0) is 13.0 Å². The lowest BCUT2D eigenvalue weighted by atomic mass is 9.96. The lowest BCUT2D eigenvalue weighted by Gasteiger charge is -2.32. The SMILES string of the molecule is CC[C@H]1CCCC[NH+]1Cc1c(O)ccc2c(C)c(Cc3ccccc3)c(=O)oc12. The summed E-state index contributed by atoms with van der Waals surface area (Å²) in [6.45, 7) is 6.02. The third kappa shape index (κ3) is 3.95. The van der Waals surface area contributed by atoms with Gasteiger partial charge < -0.3 is 14.4 Å².